The van der Waals surface area contributed by atoms with Crippen LogP contribution in [0.5, 0.6) is 0 Å². The molecule has 0 heterocycles. The Kier molecular flexibility index (Phi) is 4.25. The van der Waals surface area contributed by atoms with Crippen LogP contribution in [0.2, 0.25) is 0 Å². The summed E-state index contributed by atoms with van der Waals surface area (Å²) in [6.45, 7) is 0.814. The van der Waals surface area contributed by atoms with Gasteiger partial charge in [0.25, 0.3) is 0 Å². The van der Waals surface area contributed by atoms with Gasteiger partial charge < -0.3 is 5.32 Å². The third-order valence-corrected chi connectivity index (χ3v) is 2.74. The molecule has 13 heavy (non-hydrogen) atoms. The van der Waals surface area contributed by atoms with Crippen molar-refractivity contribution in [1.82, 2.24) is 5.32 Å². The molecule has 0 saturated heterocycles. The Hall–Kier alpha value is -0.540. The van der Waals surface area contributed by atoms with Crippen molar-refractivity contribution in [3.8, 4) is 0 Å². The molecule has 1 nitrogen and oxygen atoms in total. The molecule has 1 rings (SSSR count). The highest BCUT2D eigenvalue weighted by Crippen LogP contribution is 2.22. The SMILES string of the molecule is CNCCc1c(F)cccc1SC. The van der Waals surface area contributed by atoms with Gasteiger partial charge in [0.2, 0.25) is 0 Å². The second-order valence-corrected chi connectivity index (χ2v) is 3.62. The summed E-state index contributed by atoms with van der Waals surface area (Å²) in [4.78, 5) is 1.04. The van der Waals surface area contributed by atoms with Crippen LogP contribution in [0.15, 0.2) is 23.1 Å². The number of rotatable bonds is 4. The standard InChI is InChI=1S/C10H14FNS/c1-12-7-6-8-9(11)4-3-5-10(8)13-2/h3-5,12H,6-7H2,1-2H3. The van der Waals surface area contributed by atoms with Gasteiger partial charge in [0.1, 0.15) is 5.82 Å². The molecule has 0 spiro atoms. The van der Waals surface area contributed by atoms with Gasteiger partial charge in [0, 0.05) is 10.5 Å². The molecule has 0 fully saturated rings. The zero-order valence-electron chi connectivity index (χ0n) is 7.93. The van der Waals surface area contributed by atoms with E-state index in [0.717, 1.165) is 23.4 Å². The van der Waals surface area contributed by atoms with E-state index in [9.17, 15) is 4.39 Å². The predicted molar refractivity (Wildman–Crippen MR) is 55.8 cm³/mol. The van der Waals surface area contributed by atoms with Gasteiger partial charge in [0.15, 0.2) is 0 Å². The van der Waals surface area contributed by atoms with Gasteiger partial charge in [-0.3, -0.25) is 0 Å². The minimum atomic E-state index is -0.0953. The molecule has 0 aliphatic heterocycles. The molecule has 0 atom stereocenters. The van der Waals surface area contributed by atoms with Crippen molar-refractivity contribution in [3.05, 3.63) is 29.6 Å². The number of hydrogen-bond donors (Lipinski definition) is 1. The van der Waals surface area contributed by atoms with E-state index in [-0.39, 0.29) is 5.82 Å². The molecule has 0 aliphatic rings. The van der Waals surface area contributed by atoms with E-state index >= 15 is 0 Å². The summed E-state index contributed by atoms with van der Waals surface area (Å²) in [5, 5.41) is 3.02. The van der Waals surface area contributed by atoms with Gasteiger partial charge >= 0.3 is 0 Å². The first kappa shape index (κ1) is 10.5. The Labute approximate surface area is 82.7 Å². The van der Waals surface area contributed by atoms with Crippen molar-refractivity contribution in [2.45, 2.75) is 11.3 Å². The molecule has 0 bridgehead atoms. The summed E-state index contributed by atoms with van der Waals surface area (Å²) in [5.41, 5.74) is 0.823. The maximum absolute atomic E-state index is 13.3. The molecule has 1 N–H and O–H groups in total. The molecule has 72 valence electrons. The van der Waals surface area contributed by atoms with E-state index < -0.39 is 0 Å². The van der Waals surface area contributed by atoms with Crippen LogP contribution < -0.4 is 5.32 Å². The van der Waals surface area contributed by atoms with Crippen LogP contribution in [0.4, 0.5) is 4.39 Å². The second-order valence-electron chi connectivity index (χ2n) is 2.77. The van der Waals surface area contributed by atoms with Crippen molar-refractivity contribution < 1.29 is 4.39 Å². The quantitative estimate of drug-likeness (QED) is 0.747. The van der Waals surface area contributed by atoms with Gasteiger partial charge in [0.05, 0.1) is 0 Å². The van der Waals surface area contributed by atoms with E-state index in [1.54, 1.807) is 17.8 Å². The molecule has 0 unspecified atom stereocenters. The van der Waals surface area contributed by atoms with Crippen molar-refractivity contribution in [2.75, 3.05) is 19.8 Å². The average Bonchev–Trinajstić information content (AvgIpc) is 2.15. The molecule has 1 aromatic rings. The lowest BCUT2D eigenvalue weighted by atomic mass is 10.1. The highest BCUT2D eigenvalue weighted by Gasteiger charge is 2.06. The monoisotopic (exact) mass is 199 g/mol. The van der Waals surface area contributed by atoms with E-state index in [4.69, 9.17) is 0 Å². The summed E-state index contributed by atoms with van der Waals surface area (Å²) in [6, 6.07) is 5.23. The van der Waals surface area contributed by atoms with Crippen molar-refractivity contribution in [3.63, 3.8) is 0 Å². The summed E-state index contributed by atoms with van der Waals surface area (Å²) in [5.74, 6) is -0.0953. The Morgan fingerprint density at radius 1 is 1.46 bits per heavy atom. The number of thioether (sulfide) groups is 1. The van der Waals surface area contributed by atoms with Crippen LogP contribution >= 0.6 is 11.8 Å². The molecule has 1 aromatic carbocycles. The maximum atomic E-state index is 13.3. The molecular formula is C10H14FNS. The summed E-state index contributed by atoms with van der Waals surface area (Å²) in [7, 11) is 1.87. The molecule has 0 aliphatic carbocycles. The fourth-order valence-corrected chi connectivity index (χ4v) is 1.88. The number of hydrogen-bond acceptors (Lipinski definition) is 2. The minimum absolute atomic E-state index is 0.0953. The van der Waals surface area contributed by atoms with Crippen LogP contribution in [0, 0.1) is 5.82 Å². The maximum Gasteiger partial charge on any atom is 0.127 e. The summed E-state index contributed by atoms with van der Waals surface area (Å²) >= 11 is 1.59. The Morgan fingerprint density at radius 3 is 2.85 bits per heavy atom. The van der Waals surface area contributed by atoms with Gasteiger partial charge in [-0.25, -0.2) is 4.39 Å². The van der Waals surface area contributed by atoms with Crippen LogP contribution in [0.1, 0.15) is 5.56 Å². The van der Waals surface area contributed by atoms with Crippen molar-refractivity contribution in [1.29, 1.82) is 0 Å². The highest BCUT2D eigenvalue weighted by molar-refractivity contribution is 7.98. The van der Waals surface area contributed by atoms with Gasteiger partial charge in [-0.15, -0.1) is 11.8 Å². The Bertz CT molecular complexity index is 276. The van der Waals surface area contributed by atoms with Gasteiger partial charge in [-0.1, -0.05) is 6.07 Å². The largest absolute Gasteiger partial charge is 0.319 e. The third-order valence-electron chi connectivity index (χ3n) is 1.92. The Morgan fingerprint density at radius 2 is 2.23 bits per heavy atom. The second kappa shape index (κ2) is 5.25. The molecule has 0 aromatic heterocycles. The zero-order valence-corrected chi connectivity index (χ0v) is 8.75. The molecular weight excluding hydrogens is 185 g/mol. The van der Waals surface area contributed by atoms with Crippen molar-refractivity contribution in [2.24, 2.45) is 0 Å². The first-order valence-corrected chi connectivity index (χ1v) is 5.48. The van der Waals surface area contributed by atoms with Gasteiger partial charge in [-0.05, 0) is 38.4 Å². The first-order valence-electron chi connectivity index (χ1n) is 4.25. The summed E-state index contributed by atoms with van der Waals surface area (Å²) in [6.07, 6.45) is 2.72. The van der Waals surface area contributed by atoms with E-state index in [0.29, 0.717) is 0 Å². The van der Waals surface area contributed by atoms with Crippen molar-refractivity contribution >= 4 is 11.8 Å². The molecule has 0 radical (unpaired) electrons. The molecule has 0 saturated carbocycles. The lowest BCUT2D eigenvalue weighted by molar-refractivity contribution is 0.598. The topological polar surface area (TPSA) is 12.0 Å². The van der Waals surface area contributed by atoms with Crippen LogP contribution in [-0.2, 0) is 6.42 Å². The minimum Gasteiger partial charge on any atom is -0.319 e. The normalized spacial score (nSPS) is 10.4. The van der Waals surface area contributed by atoms with E-state index in [1.165, 1.54) is 6.07 Å². The average molecular weight is 199 g/mol. The molecule has 0 amide bonds. The smallest absolute Gasteiger partial charge is 0.127 e. The third kappa shape index (κ3) is 2.71. The number of likely N-dealkylation sites (N-methyl/N-ethyl adjacent to an activating group) is 1. The number of nitrogens with one attached hydrogen (secondary N) is 1. The van der Waals surface area contributed by atoms with Gasteiger partial charge in [-0.2, -0.15) is 0 Å². The summed E-state index contributed by atoms with van der Waals surface area (Å²) < 4.78 is 13.3. The van der Waals surface area contributed by atoms with E-state index in [2.05, 4.69) is 5.32 Å². The highest BCUT2D eigenvalue weighted by atomic mass is 32.2. The Balaban J connectivity index is 2.87. The van der Waals surface area contributed by atoms with Crippen LogP contribution in [0.25, 0.3) is 0 Å². The predicted octanol–water partition coefficient (Wildman–Crippen LogP) is 2.31. The zero-order chi connectivity index (χ0) is 9.68. The van der Waals surface area contributed by atoms with E-state index in [1.807, 2.05) is 19.4 Å². The first-order chi connectivity index (χ1) is 6.29. The fourth-order valence-electron chi connectivity index (χ4n) is 1.22. The van der Waals surface area contributed by atoms with Crippen LogP contribution in [-0.4, -0.2) is 19.8 Å². The molecule has 3 heteroatoms. The number of halogens is 1. The lowest BCUT2D eigenvalue weighted by Crippen LogP contribution is -2.11. The lowest BCUT2D eigenvalue weighted by Gasteiger charge is -2.07. The van der Waals surface area contributed by atoms with Crippen LogP contribution in [0.3, 0.4) is 0 Å². The fraction of sp³-hybridized carbons (Fsp3) is 0.400. The number of benzene rings is 1.